The van der Waals surface area contributed by atoms with E-state index >= 15 is 0 Å². The minimum atomic E-state index is 0.436. The molecule has 1 aliphatic rings. The molecule has 0 aliphatic carbocycles. The van der Waals surface area contributed by atoms with Crippen molar-refractivity contribution < 1.29 is 4.74 Å². The van der Waals surface area contributed by atoms with Crippen molar-refractivity contribution >= 4 is 0 Å². The third-order valence-electron chi connectivity index (χ3n) is 4.22. The molecule has 2 rings (SSSR count). The smallest absolute Gasteiger partial charge is 0.0594 e. The van der Waals surface area contributed by atoms with E-state index in [9.17, 15) is 0 Å². The first kappa shape index (κ1) is 16.5. The SMILES string of the molecule is CCCc1ccc(C(C)NCCCN2CCOCC2)cc1. The molecule has 0 radical (unpaired) electrons. The van der Waals surface area contributed by atoms with Crippen LogP contribution < -0.4 is 5.32 Å². The van der Waals surface area contributed by atoms with Crippen molar-refractivity contribution in [2.45, 2.75) is 39.2 Å². The van der Waals surface area contributed by atoms with Gasteiger partial charge >= 0.3 is 0 Å². The normalized spacial score (nSPS) is 17.8. The number of ether oxygens (including phenoxy) is 1. The Kier molecular flexibility index (Phi) is 7.20. The Morgan fingerprint density at radius 1 is 1.19 bits per heavy atom. The monoisotopic (exact) mass is 290 g/mol. The molecule has 3 heteroatoms. The highest BCUT2D eigenvalue weighted by Crippen LogP contribution is 2.14. The summed E-state index contributed by atoms with van der Waals surface area (Å²) in [4.78, 5) is 2.50. The predicted molar refractivity (Wildman–Crippen MR) is 88.7 cm³/mol. The Labute approximate surface area is 129 Å². The number of rotatable bonds is 8. The number of aryl methyl sites for hydroxylation is 1. The van der Waals surface area contributed by atoms with Gasteiger partial charge in [-0.1, -0.05) is 37.6 Å². The molecule has 0 aromatic heterocycles. The van der Waals surface area contributed by atoms with Gasteiger partial charge in [0.2, 0.25) is 0 Å². The van der Waals surface area contributed by atoms with Gasteiger partial charge < -0.3 is 10.1 Å². The summed E-state index contributed by atoms with van der Waals surface area (Å²) in [6.07, 6.45) is 3.61. The average Bonchev–Trinajstić information content (AvgIpc) is 2.53. The topological polar surface area (TPSA) is 24.5 Å². The van der Waals surface area contributed by atoms with Gasteiger partial charge in [0.25, 0.3) is 0 Å². The van der Waals surface area contributed by atoms with E-state index in [1.165, 1.54) is 36.9 Å². The van der Waals surface area contributed by atoms with E-state index in [0.717, 1.165) is 32.8 Å². The quantitative estimate of drug-likeness (QED) is 0.745. The standard InChI is InChI=1S/C18H30N2O/c1-3-5-17-6-8-18(9-7-17)16(2)19-10-4-11-20-12-14-21-15-13-20/h6-9,16,19H,3-5,10-15H2,1-2H3. The number of morpholine rings is 1. The van der Waals surface area contributed by atoms with Crippen LogP contribution in [0.5, 0.6) is 0 Å². The maximum atomic E-state index is 5.37. The number of benzene rings is 1. The molecule has 3 nitrogen and oxygen atoms in total. The molecule has 1 aliphatic heterocycles. The molecular formula is C18H30N2O. The maximum Gasteiger partial charge on any atom is 0.0594 e. The minimum Gasteiger partial charge on any atom is -0.379 e. The van der Waals surface area contributed by atoms with E-state index in [2.05, 4.69) is 48.3 Å². The van der Waals surface area contributed by atoms with Crippen LogP contribution in [0.1, 0.15) is 43.9 Å². The van der Waals surface area contributed by atoms with Crippen molar-refractivity contribution in [2.75, 3.05) is 39.4 Å². The van der Waals surface area contributed by atoms with Crippen molar-refractivity contribution in [1.82, 2.24) is 10.2 Å². The second-order valence-corrected chi connectivity index (χ2v) is 5.97. The molecule has 1 atom stereocenters. The summed E-state index contributed by atoms with van der Waals surface area (Å²) in [5, 5.41) is 3.63. The third kappa shape index (κ3) is 5.77. The van der Waals surface area contributed by atoms with E-state index in [4.69, 9.17) is 4.74 Å². The van der Waals surface area contributed by atoms with Crippen molar-refractivity contribution in [3.63, 3.8) is 0 Å². The van der Waals surface area contributed by atoms with Crippen LogP contribution >= 0.6 is 0 Å². The van der Waals surface area contributed by atoms with Gasteiger partial charge in [0.05, 0.1) is 13.2 Å². The second kappa shape index (κ2) is 9.19. The van der Waals surface area contributed by atoms with Gasteiger partial charge in [-0.05, 0) is 44.0 Å². The third-order valence-corrected chi connectivity index (χ3v) is 4.22. The number of nitrogens with one attached hydrogen (secondary N) is 1. The fourth-order valence-electron chi connectivity index (χ4n) is 2.83. The van der Waals surface area contributed by atoms with E-state index < -0.39 is 0 Å². The molecule has 0 saturated carbocycles. The molecule has 1 heterocycles. The van der Waals surface area contributed by atoms with Crippen molar-refractivity contribution in [1.29, 1.82) is 0 Å². The Hall–Kier alpha value is -0.900. The summed E-state index contributed by atoms with van der Waals surface area (Å²) in [6.45, 7) is 10.7. The van der Waals surface area contributed by atoms with Gasteiger partial charge in [0, 0.05) is 19.1 Å². The van der Waals surface area contributed by atoms with Crippen LogP contribution in [0.15, 0.2) is 24.3 Å². The summed E-state index contributed by atoms with van der Waals surface area (Å²) in [5.74, 6) is 0. The van der Waals surface area contributed by atoms with Crippen LogP contribution in [-0.2, 0) is 11.2 Å². The fraction of sp³-hybridized carbons (Fsp3) is 0.667. The minimum absolute atomic E-state index is 0.436. The molecule has 1 aromatic carbocycles. The molecule has 1 aromatic rings. The van der Waals surface area contributed by atoms with Crippen molar-refractivity contribution in [2.24, 2.45) is 0 Å². The number of hydrogen-bond donors (Lipinski definition) is 1. The summed E-state index contributed by atoms with van der Waals surface area (Å²) in [5.41, 5.74) is 2.84. The Balaban J connectivity index is 1.65. The van der Waals surface area contributed by atoms with E-state index in [1.54, 1.807) is 0 Å². The first-order valence-corrected chi connectivity index (χ1v) is 8.42. The lowest BCUT2D eigenvalue weighted by atomic mass is 10.0. The van der Waals surface area contributed by atoms with Gasteiger partial charge in [-0.3, -0.25) is 4.90 Å². The van der Waals surface area contributed by atoms with E-state index in [0.29, 0.717) is 6.04 Å². The molecule has 1 N–H and O–H groups in total. The van der Waals surface area contributed by atoms with Gasteiger partial charge in [-0.25, -0.2) is 0 Å². The van der Waals surface area contributed by atoms with E-state index in [1.807, 2.05) is 0 Å². The Morgan fingerprint density at radius 3 is 2.57 bits per heavy atom. The molecule has 1 unspecified atom stereocenters. The van der Waals surface area contributed by atoms with Crippen LogP contribution in [0, 0.1) is 0 Å². The maximum absolute atomic E-state index is 5.37. The second-order valence-electron chi connectivity index (χ2n) is 5.97. The Bertz CT molecular complexity index is 385. The summed E-state index contributed by atoms with van der Waals surface area (Å²) < 4.78 is 5.37. The highest BCUT2D eigenvalue weighted by molar-refractivity contribution is 5.24. The highest BCUT2D eigenvalue weighted by atomic mass is 16.5. The first-order chi connectivity index (χ1) is 10.3. The molecule has 1 fully saturated rings. The molecule has 0 spiro atoms. The molecular weight excluding hydrogens is 260 g/mol. The molecule has 21 heavy (non-hydrogen) atoms. The number of nitrogens with zero attached hydrogens (tertiary/aromatic N) is 1. The van der Waals surface area contributed by atoms with Crippen LogP contribution in [0.25, 0.3) is 0 Å². The van der Waals surface area contributed by atoms with Gasteiger partial charge in [-0.2, -0.15) is 0 Å². The van der Waals surface area contributed by atoms with Gasteiger partial charge in [0.15, 0.2) is 0 Å². The van der Waals surface area contributed by atoms with Crippen LogP contribution in [0.4, 0.5) is 0 Å². The lowest BCUT2D eigenvalue weighted by Crippen LogP contribution is -2.37. The zero-order chi connectivity index (χ0) is 14.9. The molecule has 1 saturated heterocycles. The first-order valence-electron chi connectivity index (χ1n) is 8.42. The largest absolute Gasteiger partial charge is 0.379 e. The zero-order valence-electron chi connectivity index (χ0n) is 13.6. The van der Waals surface area contributed by atoms with Gasteiger partial charge in [0.1, 0.15) is 0 Å². The summed E-state index contributed by atoms with van der Waals surface area (Å²) in [7, 11) is 0. The average molecular weight is 290 g/mol. The summed E-state index contributed by atoms with van der Waals surface area (Å²) in [6, 6.07) is 9.51. The van der Waals surface area contributed by atoms with Crippen LogP contribution in [0.3, 0.4) is 0 Å². The van der Waals surface area contributed by atoms with Crippen LogP contribution in [0.2, 0.25) is 0 Å². The van der Waals surface area contributed by atoms with Crippen molar-refractivity contribution in [3.8, 4) is 0 Å². The van der Waals surface area contributed by atoms with Gasteiger partial charge in [-0.15, -0.1) is 0 Å². The molecule has 0 amide bonds. The zero-order valence-corrected chi connectivity index (χ0v) is 13.6. The molecule has 0 bridgehead atoms. The lowest BCUT2D eigenvalue weighted by molar-refractivity contribution is 0.0374. The predicted octanol–water partition coefficient (Wildman–Crippen LogP) is 3.01. The highest BCUT2D eigenvalue weighted by Gasteiger charge is 2.10. The molecule has 118 valence electrons. The summed E-state index contributed by atoms with van der Waals surface area (Å²) >= 11 is 0. The Morgan fingerprint density at radius 2 is 1.90 bits per heavy atom. The number of hydrogen-bond acceptors (Lipinski definition) is 3. The lowest BCUT2D eigenvalue weighted by Gasteiger charge is -2.26. The van der Waals surface area contributed by atoms with Crippen LogP contribution in [-0.4, -0.2) is 44.3 Å². The van der Waals surface area contributed by atoms with E-state index in [-0.39, 0.29) is 0 Å². The van der Waals surface area contributed by atoms with Crippen molar-refractivity contribution in [3.05, 3.63) is 35.4 Å². The fourth-order valence-corrected chi connectivity index (χ4v) is 2.83.